The summed E-state index contributed by atoms with van der Waals surface area (Å²) < 4.78 is 5.11. The van der Waals surface area contributed by atoms with Crippen molar-refractivity contribution in [2.45, 2.75) is 38.4 Å². The predicted molar refractivity (Wildman–Crippen MR) is 138 cm³/mol. The number of likely N-dealkylation sites (tertiary alicyclic amines) is 1. The molecule has 4 amide bonds. The molecule has 202 valence electrons. The molecule has 2 aromatic rings. The van der Waals surface area contributed by atoms with E-state index in [4.69, 9.17) is 27.6 Å². The Hall–Kier alpha value is -3.83. The molecule has 1 aromatic heterocycles. The van der Waals surface area contributed by atoms with Gasteiger partial charge in [-0.3, -0.25) is 19.2 Å². The Morgan fingerprint density at radius 1 is 1.18 bits per heavy atom. The largest absolute Gasteiger partial charge is 0.480 e. The van der Waals surface area contributed by atoms with E-state index >= 15 is 0 Å². The zero-order chi connectivity index (χ0) is 27.8. The second kappa shape index (κ2) is 13.1. The Balaban J connectivity index is 1.59. The van der Waals surface area contributed by atoms with Crippen molar-refractivity contribution in [1.29, 1.82) is 0 Å². The van der Waals surface area contributed by atoms with Crippen LogP contribution in [-0.4, -0.2) is 64.8 Å². The maximum Gasteiger partial charge on any atom is 0.328 e. The van der Waals surface area contributed by atoms with E-state index in [0.29, 0.717) is 30.7 Å². The van der Waals surface area contributed by atoms with Crippen LogP contribution in [0.5, 0.6) is 0 Å². The summed E-state index contributed by atoms with van der Waals surface area (Å²) in [4.78, 5) is 62.2. The molecule has 2 unspecified atom stereocenters. The first kappa shape index (κ1) is 28.7. The third kappa shape index (κ3) is 7.59. The van der Waals surface area contributed by atoms with Crippen LogP contribution in [0.1, 0.15) is 41.4 Å². The highest BCUT2D eigenvalue weighted by Crippen LogP contribution is 2.27. The number of hydrogen-bond acceptors (Lipinski definition) is 6. The molecule has 1 fully saturated rings. The minimum Gasteiger partial charge on any atom is -0.480 e. The number of carboxylic acids is 1. The molecule has 3 rings (SSSR count). The lowest BCUT2D eigenvalue weighted by molar-refractivity contribution is -0.140. The summed E-state index contributed by atoms with van der Waals surface area (Å²) in [5, 5.41) is 16.9. The molecule has 4 N–H and O–H groups in total. The Morgan fingerprint density at radius 3 is 2.50 bits per heavy atom. The van der Waals surface area contributed by atoms with Crippen molar-refractivity contribution in [3.63, 3.8) is 0 Å². The molecular weight excluding hydrogens is 539 g/mol. The van der Waals surface area contributed by atoms with Crippen LogP contribution < -0.4 is 16.0 Å². The van der Waals surface area contributed by atoms with E-state index in [1.807, 2.05) is 0 Å². The quantitative estimate of drug-likeness (QED) is 0.322. The molecule has 0 radical (unpaired) electrons. The van der Waals surface area contributed by atoms with Gasteiger partial charge in [0.2, 0.25) is 17.7 Å². The molecule has 0 saturated carbocycles. The van der Waals surface area contributed by atoms with E-state index in [9.17, 15) is 29.1 Å². The van der Waals surface area contributed by atoms with Gasteiger partial charge < -0.3 is 30.4 Å². The van der Waals surface area contributed by atoms with Crippen LogP contribution in [-0.2, 0) is 25.7 Å². The van der Waals surface area contributed by atoms with Crippen LogP contribution in [0.4, 0.5) is 0 Å². The Kier molecular flexibility index (Phi) is 9.91. The Labute approximate surface area is 228 Å². The lowest BCUT2D eigenvalue weighted by Crippen LogP contribution is -2.52. The predicted octanol–water partition coefficient (Wildman–Crippen LogP) is 2.23. The number of amides is 4. The Morgan fingerprint density at radius 2 is 1.89 bits per heavy atom. The van der Waals surface area contributed by atoms with Gasteiger partial charge in [-0.25, -0.2) is 4.79 Å². The molecule has 0 bridgehead atoms. The van der Waals surface area contributed by atoms with E-state index in [0.717, 1.165) is 0 Å². The number of halogens is 2. The number of carbonyl (C=O) groups is 5. The molecule has 11 nitrogen and oxygen atoms in total. The zero-order valence-corrected chi connectivity index (χ0v) is 21.8. The fourth-order valence-electron chi connectivity index (χ4n) is 3.90. The van der Waals surface area contributed by atoms with Gasteiger partial charge >= 0.3 is 5.97 Å². The normalized spacial score (nSPS) is 15.8. The second-order valence-corrected chi connectivity index (χ2v) is 9.30. The maximum atomic E-state index is 12.8. The third-order valence-electron chi connectivity index (χ3n) is 5.78. The molecule has 1 aliphatic heterocycles. The number of rotatable bonds is 10. The van der Waals surface area contributed by atoms with Gasteiger partial charge in [0.15, 0.2) is 0 Å². The van der Waals surface area contributed by atoms with Gasteiger partial charge in [-0.05, 0) is 48.7 Å². The molecular formula is C25H26Cl2N4O7. The van der Waals surface area contributed by atoms with Gasteiger partial charge in [0, 0.05) is 32.6 Å². The topological polar surface area (TPSA) is 158 Å². The van der Waals surface area contributed by atoms with Crippen LogP contribution in [0.3, 0.4) is 0 Å². The first-order valence-electron chi connectivity index (χ1n) is 11.6. The summed E-state index contributed by atoms with van der Waals surface area (Å²) in [5.41, 5.74) is 0.349. The van der Waals surface area contributed by atoms with Gasteiger partial charge in [-0.1, -0.05) is 23.2 Å². The average molecular weight is 565 g/mol. The van der Waals surface area contributed by atoms with Gasteiger partial charge in [-0.2, -0.15) is 0 Å². The number of nitrogens with zero attached hydrogens (tertiary/aromatic N) is 1. The van der Waals surface area contributed by atoms with Crippen molar-refractivity contribution in [2.75, 3.05) is 13.1 Å². The van der Waals surface area contributed by atoms with E-state index in [2.05, 4.69) is 16.0 Å². The van der Waals surface area contributed by atoms with Crippen LogP contribution in [0.25, 0.3) is 6.08 Å². The first-order valence-corrected chi connectivity index (χ1v) is 12.4. The van der Waals surface area contributed by atoms with E-state index in [1.54, 1.807) is 12.1 Å². The van der Waals surface area contributed by atoms with Gasteiger partial charge in [0.1, 0.15) is 17.8 Å². The van der Waals surface area contributed by atoms with Crippen molar-refractivity contribution in [1.82, 2.24) is 20.9 Å². The third-order valence-corrected chi connectivity index (χ3v) is 6.38. The maximum absolute atomic E-state index is 12.8. The standard InChI is InChI=1S/C25H26Cl2N4O7/c1-14(32)31-8-2-5-20(31)23(34)29-13-19(25(36)37)30-24(35)22-17(26)10-15(11-18(22)27)12-28-21(33)7-6-16-4-3-9-38-16/h3-4,6-7,9-11,19-20H,2,5,8,12-13H2,1H3,(H,28,33)(H,29,34)(H,30,35)(H,36,37)/b7-6+. The average Bonchev–Trinajstić information content (AvgIpc) is 3.55. The Bertz CT molecular complexity index is 1220. The summed E-state index contributed by atoms with van der Waals surface area (Å²) in [6.45, 7) is 1.46. The highest BCUT2D eigenvalue weighted by Gasteiger charge is 2.33. The molecule has 13 heteroatoms. The van der Waals surface area contributed by atoms with E-state index < -0.39 is 42.3 Å². The lowest BCUT2D eigenvalue weighted by Gasteiger charge is -2.23. The van der Waals surface area contributed by atoms with E-state index in [-0.39, 0.29) is 28.1 Å². The molecule has 38 heavy (non-hydrogen) atoms. The van der Waals surface area contributed by atoms with Crippen molar-refractivity contribution >= 4 is 58.9 Å². The summed E-state index contributed by atoms with van der Waals surface area (Å²) in [5.74, 6) is -2.88. The fourth-order valence-corrected chi connectivity index (χ4v) is 4.61. The number of nitrogens with one attached hydrogen (secondary N) is 3. The summed E-state index contributed by atoms with van der Waals surface area (Å²) in [6.07, 6.45) is 5.40. The molecule has 0 aliphatic carbocycles. The lowest BCUT2D eigenvalue weighted by atomic mass is 10.1. The van der Waals surface area contributed by atoms with Gasteiger partial charge in [-0.15, -0.1) is 0 Å². The minimum atomic E-state index is -1.48. The van der Waals surface area contributed by atoms with Gasteiger partial charge in [0.05, 0.1) is 21.9 Å². The molecule has 1 saturated heterocycles. The highest BCUT2D eigenvalue weighted by molar-refractivity contribution is 6.39. The SMILES string of the molecule is CC(=O)N1CCCC1C(=O)NCC(NC(=O)c1c(Cl)cc(CNC(=O)/C=C/c2ccco2)cc1Cl)C(=O)O. The number of furan rings is 1. The van der Waals surface area contributed by atoms with Crippen LogP contribution in [0, 0.1) is 0 Å². The molecule has 2 heterocycles. The van der Waals surface area contributed by atoms with Crippen molar-refractivity contribution < 1.29 is 33.5 Å². The first-order chi connectivity index (χ1) is 18.1. The monoisotopic (exact) mass is 564 g/mol. The van der Waals surface area contributed by atoms with Crippen LogP contribution in [0.15, 0.2) is 41.0 Å². The fraction of sp³-hybridized carbons (Fsp3) is 0.320. The van der Waals surface area contributed by atoms with E-state index in [1.165, 1.54) is 42.4 Å². The molecule has 0 spiro atoms. The zero-order valence-electron chi connectivity index (χ0n) is 20.3. The van der Waals surface area contributed by atoms with Crippen molar-refractivity contribution in [2.24, 2.45) is 0 Å². The molecule has 2 atom stereocenters. The highest BCUT2D eigenvalue weighted by atomic mass is 35.5. The number of carboxylic acid groups (broad SMARTS) is 1. The molecule has 1 aliphatic rings. The number of benzene rings is 1. The summed E-state index contributed by atoms with van der Waals surface area (Å²) in [7, 11) is 0. The van der Waals surface area contributed by atoms with Crippen molar-refractivity contribution in [3.05, 3.63) is 63.5 Å². The number of aliphatic carboxylic acids is 1. The summed E-state index contributed by atoms with van der Waals surface area (Å²) in [6, 6.07) is 4.06. The number of hydrogen-bond donors (Lipinski definition) is 4. The minimum absolute atomic E-state index is 0.0541. The smallest absolute Gasteiger partial charge is 0.328 e. The number of carbonyl (C=O) groups excluding carboxylic acids is 4. The second-order valence-electron chi connectivity index (χ2n) is 8.48. The summed E-state index contributed by atoms with van der Waals surface area (Å²) >= 11 is 12.5. The van der Waals surface area contributed by atoms with Crippen LogP contribution >= 0.6 is 23.2 Å². The molecule has 1 aromatic carbocycles. The van der Waals surface area contributed by atoms with Gasteiger partial charge in [0.25, 0.3) is 5.91 Å². The van der Waals surface area contributed by atoms with Crippen LogP contribution in [0.2, 0.25) is 10.0 Å². The van der Waals surface area contributed by atoms with Crippen molar-refractivity contribution in [3.8, 4) is 0 Å².